The number of nitrogen functional groups attached to an aromatic ring is 1. The first-order valence-electron chi connectivity index (χ1n) is 8.47. The minimum Gasteiger partial charge on any atom is -0.497 e. The van der Waals surface area contributed by atoms with Gasteiger partial charge in [0.05, 0.1) is 12.9 Å². The largest absolute Gasteiger partial charge is 0.497 e. The molecule has 3 aromatic rings. The zero-order chi connectivity index (χ0) is 20.1. The number of carbonyl (C=O) groups is 1. The quantitative estimate of drug-likeness (QED) is 0.452. The summed E-state index contributed by atoms with van der Waals surface area (Å²) in [5.41, 5.74) is 2.66. The van der Waals surface area contributed by atoms with Gasteiger partial charge >= 0.3 is 0 Å². The smallest absolute Gasteiger partial charge is 0.234 e. The number of methoxy groups -OCH3 is 1. The Hall–Kier alpha value is -2.71. The average Bonchev–Trinajstić information content (AvgIpc) is 3.03. The summed E-state index contributed by atoms with van der Waals surface area (Å²) in [6.07, 6.45) is 0.530. The highest BCUT2D eigenvalue weighted by molar-refractivity contribution is 7.99. The van der Waals surface area contributed by atoms with Crippen LogP contribution in [-0.4, -0.2) is 33.6 Å². The number of aromatic nitrogens is 3. The molecule has 1 amide bonds. The van der Waals surface area contributed by atoms with Gasteiger partial charge in [-0.05, 0) is 42.3 Å². The number of nitrogens with two attached hydrogens (primary N) is 1. The number of aryl methyl sites for hydroxylation is 1. The van der Waals surface area contributed by atoms with Crippen LogP contribution in [0.15, 0.2) is 47.6 Å². The van der Waals surface area contributed by atoms with Gasteiger partial charge in [0.25, 0.3) is 0 Å². The summed E-state index contributed by atoms with van der Waals surface area (Å²) < 4.78 is 6.56. The van der Waals surface area contributed by atoms with Crippen LogP contribution >= 0.6 is 23.4 Å². The summed E-state index contributed by atoms with van der Waals surface area (Å²) in [5, 5.41) is 12.1. The normalized spacial score (nSPS) is 10.7. The van der Waals surface area contributed by atoms with Gasteiger partial charge in [0.1, 0.15) is 5.75 Å². The molecule has 0 fully saturated rings. The van der Waals surface area contributed by atoms with Crippen molar-refractivity contribution in [2.75, 3.05) is 24.0 Å². The van der Waals surface area contributed by atoms with Crippen LogP contribution in [0.1, 0.15) is 17.0 Å². The molecular formula is C19H20ClN5O2S. The molecule has 28 heavy (non-hydrogen) atoms. The van der Waals surface area contributed by atoms with Gasteiger partial charge in [-0.2, -0.15) is 0 Å². The number of rotatable bonds is 7. The van der Waals surface area contributed by atoms with E-state index in [4.69, 9.17) is 22.2 Å². The molecule has 2 aromatic carbocycles. The minimum absolute atomic E-state index is 0.157. The summed E-state index contributed by atoms with van der Waals surface area (Å²) in [7, 11) is 1.62. The fourth-order valence-corrected chi connectivity index (χ4v) is 3.34. The van der Waals surface area contributed by atoms with Crippen LogP contribution in [-0.2, 0) is 11.2 Å². The van der Waals surface area contributed by atoms with Gasteiger partial charge in [-0.3, -0.25) is 4.79 Å². The van der Waals surface area contributed by atoms with E-state index in [1.807, 2.05) is 37.3 Å². The monoisotopic (exact) mass is 417 g/mol. The van der Waals surface area contributed by atoms with Crippen molar-refractivity contribution >= 4 is 35.0 Å². The SMILES string of the molecule is COc1ccc(Cc2nnc(SCC(=O)Nc3cc(Cl)ccc3C)n2N)cc1. The van der Waals surface area contributed by atoms with Gasteiger partial charge in [0, 0.05) is 17.1 Å². The summed E-state index contributed by atoms with van der Waals surface area (Å²) in [6.45, 7) is 1.90. The second kappa shape index (κ2) is 8.99. The predicted octanol–water partition coefficient (Wildman–Crippen LogP) is 3.28. The first-order valence-corrected chi connectivity index (χ1v) is 9.83. The lowest BCUT2D eigenvalue weighted by molar-refractivity contribution is -0.113. The third-order valence-corrected chi connectivity index (χ3v) is 5.24. The van der Waals surface area contributed by atoms with Gasteiger partial charge in [-0.25, -0.2) is 4.68 Å². The Kier molecular flexibility index (Phi) is 6.43. The molecule has 0 aliphatic rings. The van der Waals surface area contributed by atoms with Crippen molar-refractivity contribution in [3.8, 4) is 5.75 Å². The van der Waals surface area contributed by atoms with Crippen LogP contribution in [0.5, 0.6) is 5.75 Å². The summed E-state index contributed by atoms with van der Waals surface area (Å²) in [5.74, 6) is 7.47. The number of anilines is 1. The summed E-state index contributed by atoms with van der Waals surface area (Å²) in [6, 6.07) is 13.0. The Morgan fingerprint density at radius 3 is 2.71 bits per heavy atom. The van der Waals surface area contributed by atoms with Crippen LogP contribution in [0.25, 0.3) is 0 Å². The second-order valence-electron chi connectivity index (χ2n) is 6.09. The fraction of sp³-hybridized carbons (Fsp3) is 0.211. The highest BCUT2D eigenvalue weighted by Crippen LogP contribution is 2.22. The Labute approximate surface area is 172 Å². The van der Waals surface area contributed by atoms with E-state index in [-0.39, 0.29) is 11.7 Å². The van der Waals surface area contributed by atoms with Crippen molar-refractivity contribution in [1.29, 1.82) is 0 Å². The molecule has 1 heterocycles. The zero-order valence-corrected chi connectivity index (χ0v) is 17.0. The van der Waals surface area contributed by atoms with Crippen LogP contribution in [0.3, 0.4) is 0 Å². The molecule has 0 saturated carbocycles. The number of amides is 1. The maximum Gasteiger partial charge on any atom is 0.234 e. The third-order valence-electron chi connectivity index (χ3n) is 4.06. The topological polar surface area (TPSA) is 95.1 Å². The maximum absolute atomic E-state index is 12.2. The van der Waals surface area contributed by atoms with E-state index in [9.17, 15) is 4.79 Å². The standard InChI is InChI=1S/C19H20ClN5O2S/c1-12-3-6-14(20)10-16(12)22-18(26)11-28-19-24-23-17(25(19)21)9-13-4-7-15(27-2)8-5-13/h3-8,10H,9,11,21H2,1-2H3,(H,22,26). The number of halogens is 1. The Balaban J connectivity index is 1.59. The van der Waals surface area contributed by atoms with E-state index in [2.05, 4.69) is 15.5 Å². The van der Waals surface area contributed by atoms with Crippen molar-refractivity contribution in [3.05, 3.63) is 64.4 Å². The van der Waals surface area contributed by atoms with Crippen molar-refractivity contribution in [1.82, 2.24) is 14.9 Å². The molecule has 0 saturated heterocycles. The molecule has 0 unspecified atom stereocenters. The number of nitrogens with zero attached hydrogens (tertiary/aromatic N) is 3. The predicted molar refractivity (Wildman–Crippen MR) is 112 cm³/mol. The number of nitrogens with one attached hydrogen (secondary N) is 1. The first-order chi connectivity index (χ1) is 13.5. The molecule has 1 aromatic heterocycles. The van der Waals surface area contributed by atoms with E-state index in [0.29, 0.717) is 28.1 Å². The molecule has 0 bridgehead atoms. The number of ether oxygens (including phenoxy) is 1. The van der Waals surface area contributed by atoms with Gasteiger partial charge in [0.2, 0.25) is 11.1 Å². The molecule has 7 nitrogen and oxygen atoms in total. The highest BCUT2D eigenvalue weighted by atomic mass is 35.5. The van der Waals surface area contributed by atoms with Gasteiger partial charge in [-0.1, -0.05) is 41.6 Å². The maximum atomic E-state index is 12.2. The number of thioether (sulfide) groups is 1. The molecule has 3 rings (SSSR count). The molecule has 0 atom stereocenters. The first kappa shape index (κ1) is 20.0. The zero-order valence-electron chi connectivity index (χ0n) is 15.5. The minimum atomic E-state index is -0.171. The molecule has 146 valence electrons. The van der Waals surface area contributed by atoms with Crippen molar-refractivity contribution in [2.24, 2.45) is 0 Å². The van der Waals surface area contributed by atoms with Crippen LogP contribution < -0.4 is 15.9 Å². The number of hydrogen-bond donors (Lipinski definition) is 2. The molecule has 0 spiro atoms. The number of benzene rings is 2. The van der Waals surface area contributed by atoms with Crippen LogP contribution in [0.2, 0.25) is 5.02 Å². The Morgan fingerprint density at radius 2 is 2.00 bits per heavy atom. The molecule has 0 aliphatic carbocycles. The van der Waals surface area contributed by atoms with E-state index < -0.39 is 0 Å². The third kappa shape index (κ3) is 4.96. The molecule has 9 heteroatoms. The molecule has 0 aliphatic heterocycles. The molecular weight excluding hydrogens is 398 g/mol. The lowest BCUT2D eigenvalue weighted by Gasteiger charge is -2.08. The van der Waals surface area contributed by atoms with Crippen molar-refractivity contribution in [2.45, 2.75) is 18.5 Å². The number of hydrogen-bond acceptors (Lipinski definition) is 6. The summed E-state index contributed by atoms with van der Waals surface area (Å²) >= 11 is 7.20. The summed E-state index contributed by atoms with van der Waals surface area (Å²) in [4.78, 5) is 12.2. The molecule has 0 radical (unpaired) electrons. The Morgan fingerprint density at radius 1 is 1.25 bits per heavy atom. The lowest BCUT2D eigenvalue weighted by Crippen LogP contribution is -2.17. The van der Waals surface area contributed by atoms with E-state index in [1.165, 1.54) is 16.4 Å². The van der Waals surface area contributed by atoms with Crippen molar-refractivity contribution in [3.63, 3.8) is 0 Å². The van der Waals surface area contributed by atoms with Gasteiger partial charge in [0.15, 0.2) is 5.82 Å². The van der Waals surface area contributed by atoms with E-state index in [1.54, 1.807) is 19.2 Å². The molecule has 3 N–H and O–H groups in total. The van der Waals surface area contributed by atoms with E-state index >= 15 is 0 Å². The number of carbonyl (C=O) groups excluding carboxylic acids is 1. The van der Waals surface area contributed by atoms with Crippen LogP contribution in [0, 0.1) is 6.92 Å². The van der Waals surface area contributed by atoms with Crippen LogP contribution in [0.4, 0.5) is 5.69 Å². The van der Waals surface area contributed by atoms with Gasteiger partial charge < -0.3 is 15.9 Å². The van der Waals surface area contributed by atoms with Crippen molar-refractivity contribution < 1.29 is 9.53 Å². The van der Waals surface area contributed by atoms with Gasteiger partial charge in [-0.15, -0.1) is 10.2 Å². The van der Waals surface area contributed by atoms with E-state index in [0.717, 1.165) is 16.9 Å². The fourth-order valence-electron chi connectivity index (χ4n) is 2.50. The second-order valence-corrected chi connectivity index (χ2v) is 7.47. The average molecular weight is 418 g/mol. The lowest BCUT2D eigenvalue weighted by atomic mass is 10.1. The Bertz CT molecular complexity index is 975. The highest BCUT2D eigenvalue weighted by Gasteiger charge is 2.13.